The van der Waals surface area contributed by atoms with Crippen molar-refractivity contribution in [1.29, 1.82) is 0 Å². The fourth-order valence-corrected chi connectivity index (χ4v) is 1.40. The van der Waals surface area contributed by atoms with E-state index in [2.05, 4.69) is 0 Å². The molecular weight excluding hydrogens is 256 g/mol. The Morgan fingerprint density at radius 3 is 1.50 bits per heavy atom. The lowest BCUT2D eigenvalue weighted by Gasteiger charge is -2.04. The van der Waals surface area contributed by atoms with Crippen LogP contribution in [0.4, 0.5) is 0 Å². The minimum absolute atomic E-state index is 0.0844. The predicted octanol–water partition coefficient (Wildman–Crippen LogP) is 3.57. The molecule has 0 aromatic carbocycles. The molecule has 0 spiro atoms. The summed E-state index contributed by atoms with van der Waals surface area (Å²) in [5, 5.41) is 0. The van der Waals surface area contributed by atoms with Gasteiger partial charge in [0.05, 0.1) is 26.1 Å². The largest absolute Gasteiger partial charge is 0.465 e. The Balaban J connectivity index is 3.50. The van der Waals surface area contributed by atoms with Crippen LogP contribution in [0.15, 0.2) is 24.3 Å². The molecule has 0 N–H and O–H groups in total. The van der Waals surface area contributed by atoms with Crippen molar-refractivity contribution in [2.75, 3.05) is 13.2 Å². The molecule has 0 aromatic heterocycles. The molecule has 4 nitrogen and oxygen atoms in total. The summed E-state index contributed by atoms with van der Waals surface area (Å²) in [5.41, 5.74) is 0. The monoisotopic (exact) mass is 282 g/mol. The molecule has 0 aliphatic carbocycles. The SMILES string of the molecule is CC/C=C/CCOC(=O)CCC(=O)OCC/C=C/CC. The number of carbonyl (C=O) groups excluding carboxylic acids is 2. The van der Waals surface area contributed by atoms with Crippen LogP contribution in [0.1, 0.15) is 52.4 Å². The van der Waals surface area contributed by atoms with Crippen molar-refractivity contribution in [2.24, 2.45) is 0 Å². The summed E-state index contributed by atoms with van der Waals surface area (Å²) in [6, 6.07) is 0. The van der Waals surface area contributed by atoms with Gasteiger partial charge in [0.25, 0.3) is 0 Å². The number of hydrogen-bond acceptors (Lipinski definition) is 4. The Bertz CT molecular complexity index is 286. The van der Waals surface area contributed by atoms with E-state index in [1.165, 1.54) is 0 Å². The summed E-state index contributed by atoms with van der Waals surface area (Å²) in [6.45, 7) is 4.83. The number of allylic oxidation sites excluding steroid dienone is 2. The van der Waals surface area contributed by atoms with Gasteiger partial charge < -0.3 is 9.47 Å². The molecule has 0 radical (unpaired) electrons. The molecule has 0 saturated heterocycles. The second-order valence-electron chi connectivity index (χ2n) is 4.28. The van der Waals surface area contributed by atoms with E-state index in [0.29, 0.717) is 26.1 Å². The van der Waals surface area contributed by atoms with Gasteiger partial charge in [0.1, 0.15) is 0 Å². The number of rotatable bonds is 11. The van der Waals surface area contributed by atoms with Crippen LogP contribution in [0.2, 0.25) is 0 Å². The molecule has 0 fully saturated rings. The molecule has 0 unspecified atom stereocenters. The second kappa shape index (κ2) is 13.8. The first-order valence-corrected chi connectivity index (χ1v) is 7.31. The zero-order chi connectivity index (χ0) is 15.1. The summed E-state index contributed by atoms with van der Waals surface area (Å²) >= 11 is 0. The van der Waals surface area contributed by atoms with E-state index in [0.717, 1.165) is 12.8 Å². The van der Waals surface area contributed by atoms with E-state index in [1.54, 1.807) is 0 Å². The lowest BCUT2D eigenvalue weighted by molar-refractivity contribution is -0.150. The fourth-order valence-electron chi connectivity index (χ4n) is 1.40. The van der Waals surface area contributed by atoms with Crippen molar-refractivity contribution in [3.05, 3.63) is 24.3 Å². The van der Waals surface area contributed by atoms with Gasteiger partial charge in [-0.3, -0.25) is 9.59 Å². The maximum absolute atomic E-state index is 11.3. The van der Waals surface area contributed by atoms with Crippen LogP contribution in [-0.2, 0) is 19.1 Å². The average Bonchev–Trinajstić information content (AvgIpc) is 2.44. The van der Waals surface area contributed by atoms with Crippen LogP contribution < -0.4 is 0 Å². The number of carbonyl (C=O) groups is 2. The standard InChI is InChI=1S/C16H26O4/c1-3-5-7-9-13-19-15(17)11-12-16(18)20-14-10-8-6-4-2/h5-8H,3-4,9-14H2,1-2H3/b7-5+,8-6+. The van der Waals surface area contributed by atoms with E-state index >= 15 is 0 Å². The van der Waals surface area contributed by atoms with Crippen molar-refractivity contribution in [1.82, 2.24) is 0 Å². The van der Waals surface area contributed by atoms with Gasteiger partial charge in [0, 0.05) is 0 Å². The molecule has 0 aliphatic heterocycles. The maximum atomic E-state index is 11.3. The van der Waals surface area contributed by atoms with E-state index < -0.39 is 0 Å². The van der Waals surface area contributed by atoms with Crippen molar-refractivity contribution < 1.29 is 19.1 Å². The third kappa shape index (κ3) is 12.9. The first-order valence-electron chi connectivity index (χ1n) is 7.31. The second-order valence-corrected chi connectivity index (χ2v) is 4.28. The lowest BCUT2D eigenvalue weighted by Crippen LogP contribution is -2.11. The maximum Gasteiger partial charge on any atom is 0.306 e. The van der Waals surface area contributed by atoms with Gasteiger partial charge in [-0.25, -0.2) is 0 Å². The molecule has 0 aromatic rings. The Labute approximate surface area is 121 Å². The van der Waals surface area contributed by atoms with Gasteiger partial charge in [0.15, 0.2) is 0 Å². The highest BCUT2D eigenvalue weighted by Crippen LogP contribution is 1.98. The molecular formula is C16H26O4. The van der Waals surface area contributed by atoms with Gasteiger partial charge in [0.2, 0.25) is 0 Å². The van der Waals surface area contributed by atoms with Gasteiger partial charge in [-0.15, -0.1) is 0 Å². The van der Waals surface area contributed by atoms with Gasteiger partial charge in [-0.2, -0.15) is 0 Å². The molecule has 0 heterocycles. The summed E-state index contributed by atoms with van der Waals surface area (Å²) in [5.74, 6) is -0.699. The predicted molar refractivity (Wildman–Crippen MR) is 79.2 cm³/mol. The molecule has 0 atom stereocenters. The minimum Gasteiger partial charge on any atom is -0.465 e. The Morgan fingerprint density at radius 2 is 1.15 bits per heavy atom. The van der Waals surface area contributed by atoms with Crippen LogP contribution in [0, 0.1) is 0 Å². The highest BCUT2D eigenvalue weighted by Gasteiger charge is 2.08. The third-order valence-corrected chi connectivity index (χ3v) is 2.43. The molecule has 4 heteroatoms. The topological polar surface area (TPSA) is 52.6 Å². The zero-order valence-corrected chi connectivity index (χ0v) is 12.6. The molecule has 0 amide bonds. The van der Waals surface area contributed by atoms with Gasteiger partial charge in [-0.1, -0.05) is 38.2 Å². The van der Waals surface area contributed by atoms with E-state index in [9.17, 15) is 9.59 Å². The number of hydrogen-bond donors (Lipinski definition) is 0. The lowest BCUT2D eigenvalue weighted by atomic mass is 10.3. The van der Waals surface area contributed by atoms with Crippen molar-refractivity contribution >= 4 is 11.9 Å². The molecule has 0 bridgehead atoms. The molecule has 0 aliphatic rings. The van der Waals surface area contributed by atoms with E-state index in [4.69, 9.17) is 9.47 Å². The van der Waals surface area contributed by atoms with Crippen LogP contribution >= 0.6 is 0 Å². The first-order chi connectivity index (χ1) is 9.70. The first kappa shape index (κ1) is 18.4. The Morgan fingerprint density at radius 1 is 0.750 bits per heavy atom. The number of esters is 2. The molecule has 20 heavy (non-hydrogen) atoms. The molecule has 114 valence electrons. The summed E-state index contributed by atoms with van der Waals surface area (Å²) in [4.78, 5) is 22.7. The fraction of sp³-hybridized carbons (Fsp3) is 0.625. The molecule has 0 rings (SSSR count). The van der Waals surface area contributed by atoms with Crippen molar-refractivity contribution in [3.8, 4) is 0 Å². The van der Waals surface area contributed by atoms with Gasteiger partial charge in [-0.05, 0) is 25.7 Å². The van der Waals surface area contributed by atoms with Crippen LogP contribution in [0.3, 0.4) is 0 Å². The summed E-state index contributed by atoms with van der Waals surface area (Å²) in [6.07, 6.45) is 11.6. The summed E-state index contributed by atoms with van der Waals surface area (Å²) < 4.78 is 9.97. The molecule has 0 saturated carbocycles. The van der Waals surface area contributed by atoms with Crippen LogP contribution in [0.25, 0.3) is 0 Å². The Kier molecular flexibility index (Phi) is 12.7. The Hall–Kier alpha value is -1.58. The number of ether oxygens (including phenoxy) is 2. The third-order valence-electron chi connectivity index (χ3n) is 2.43. The minimum atomic E-state index is -0.349. The normalized spacial score (nSPS) is 11.1. The van der Waals surface area contributed by atoms with Crippen molar-refractivity contribution in [2.45, 2.75) is 52.4 Å². The van der Waals surface area contributed by atoms with Crippen molar-refractivity contribution in [3.63, 3.8) is 0 Å². The highest BCUT2D eigenvalue weighted by molar-refractivity contribution is 5.77. The van der Waals surface area contributed by atoms with E-state index in [1.807, 2.05) is 38.2 Å². The quantitative estimate of drug-likeness (QED) is 0.330. The van der Waals surface area contributed by atoms with Gasteiger partial charge >= 0.3 is 11.9 Å². The average molecular weight is 282 g/mol. The zero-order valence-electron chi connectivity index (χ0n) is 12.6. The van der Waals surface area contributed by atoms with Crippen LogP contribution in [0.5, 0.6) is 0 Å². The highest BCUT2D eigenvalue weighted by atomic mass is 16.5. The van der Waals surface area contributed by atoms with Crippen LogP contribution in [-0.4, -0.2) is 25.2 Å². The smallest absolute Gasteiger partial charge is 0.306 e. The summed E-state index contributed by atoms with van der Waals surface area (Å²) in [7, 11) is 0. The van der Waals surface area contributed by atoms with E-state index in [-0.39, 0.29) is 24.8 Å².